The van der Waals surface area contributed by atoms with Crippen LogP contribution < -0.4 is 5.73 Å². The summed E-state index contributed by atoms with van der Waals surface area (Å²) in [4.78, 5) is 0. The predicted octanol–water partition coefficient (Wildman–Crippen LogP) is 2.15. The third-order valence-electron chi connectivity index (χ3n) is 2.98. The lowest BCUT2D eigenvalue weighted by molar-refractivity contribution is 0.180. The van der Waals surface area contributed by atoms with E-state index < -0.39 is 11.6 Å². The number of hydrogen-bond donors (Lipinski definition) is 1. The summed E-state index contributed by atoms with van der Waals surface area (Å²) in [5.74, 6) is -1.60. The lowest BCUT2D eigenvalue weighted by Crippen LogP contribution is -2.25. The summed E-state index contributed by atoms with van der Waals surface area (Å²) in [5.41, 5.74) is 6.17. The summed E-state index contributed by atoms with van der Waals surface area (Å²) in [6.07, 6.45) is 2.17. The second kappa shape index (κ2) is 4.11. The Labute approximate surface area is 93.4 Å². The number of hydrogen-bond acceptors (Lipinski definition) is 2. The van der Waals surface area contributed by atoms with Crippen LogP contribution >= 0.6 is 0 Å². The molecule has 0 radical (unpaired) electrons. The highest BCUT2D eigenvalue weighted by Crippen LogP contribution is 2.36. The van der Waals surface area contributed by atoms with Crippen molar-refractivity contribution in [2.45, 2.75) is 31.4 Å². The molecule has 0 unspecified atom stereocenters. The van der Waals surface area contributed by atoms with Gasteiger partial charge >= 0.3 is 0 Å². The van der Waals surface area contributed by atoms with E-state index in [0.717, 1.165) is 12.8 Å². The zero-order chi connectivity index (χ0) is 11.8. The monoisotopic (exact) mass is 227 g/mol. The van der Waals surface area contributed by atoms with Crippen molar-refractivity contribution in [1.82, 2.24) is 0 Å². The SMILES string of the molecule is COCc1ccc(CC2(N)CC2)c(F)c1F. The van der Waals surface area contributed by atoms with Crippen LogP contribution in [0.3, 0.4) is 0 Å². The van der Waals surface area contributed by atoms with Gasteiger partial charge in [-0.2, -0.15) is 0 Å². The Morgan fingerprint density at radius 3 is 2.38 bits per heavy atom. The molecule has 0 aromatic heterocycles. The Morgan fingerprint density at radius 1 is 1.25 bits per heavy atom. The third kappa shape index (κ3) is 2.23. The van der Waals surface area contributed by atoms with Crippen LogP contribution in [0.2, 0.25) is 0 Å². The van der Waals surface area contributed by atoms with Crippen molar-refractivity contribution in [3.63, 3.8) is 0 Å². The minimum atomic E-state index is -0.816. The Morgan fingerprint density at radius 2 is 1.81 bits per heavy atom. The molecule has 1 aliphatic carbocycles. The van der Waals surface area contributed by atoms with E-state index in [1.54, 1.807) is 12.1 Å². The van der Waals surface area contributed by atoms with Crippen LogP contribution in [0, 0.1) is 11.6 Å². The van der Waals surface area contributed by atoms with E-state index in [9.17, 15) is 8.78 Å². The molecular formula is C12H15F2NO. The van der Waals surface area contributed by atoms with Gasteiger partial charge in [0.05, 0.1) is 6.61 Å². The van der Waals surface area contributed by atoms with Crippen LogP contribution in [0.15, 0.2) is 12.1 Å². The molecular weight excluding hydrogens is 212 g/mol. The average Bonchev–Trinajstić information content (AvgIpc) is 2.97. The van der Waals surface area contributed by atoms with Gasteiger partial charge in [0, 0.05) is 18.2 Å². The summed E-state index contributed by atoms with van der Waals surface area (Å²) >= 11 is 0. The minimum absolute atomic E-state index is 0.0802. The Kier molecular flexibility index (Phi) is 2.95. The van der Waals surface area contributed by atoms with Crippen molar-refractivity contribution in [1.29, 1.82) is 0 Å². The molecule has 0 heterocycles. The molecule has 1 aromatic rings. The standard InChI is InChI=1S/C12H15F2NO/c1-16-7-9-3-2-8(10(13)11(9)14)6-12(15)4-5-12/h2-3H,4-7,15H2,1H3. The molecule has 1 fully saturated rings. The summed E-state index contributed by atoms with van der Waals surface area (Å²) in [7, 11) is 1.45. The number of nitrogens with two attached hydrogens (primary N) is 1. The number of halogens is 2. The van der Waals surface area contributed by atoms with Gasteiger partial charge < -0.3 is 10.5 Å². The van der Waals surface area contributed by atoms with Gasteiger partial charge in [0.15, 0.2) is 11.6 Å². The van der Waals surface area contributed by atoms with Gasteiger partial charge in [-0.25, -0.2) is 8.78 Å². The maximum absolute atomic E-state index is 13.7. The van der Waals surface area contributed by atoms with Crippen LogP contribution in [0.1, 0.15) is 24.0 Å². The molecule has 0 bridgehead atoms. The maximum atomic E-state index is 13.7. The minimum Gasteiger partial charge on any atom is -0.380 e. The summed E-state index contributed by atoms with van der Waals surface area (Å²) in [6.45, 7) is 0.0802. The number of ether oxygens (including phenoxy) is 1. The smallest absolute Gasteiger partial charge is 0.164 e. The highest BCUT2D eigenvalue weighted by molar-refractivity contribution is 5.28. The van der Waals surface area contributed by atoms with Gasteiger partial charge in [-0.1, -0.05) is 12.1 Å². The topological polar surface area (TPSA) is 35.2 Å². The zero-order valence-corrected chi connectivity index (χ0v) is 9.22. The largest absolute Gasteiger partial charge is 0.380 e. The molecule has 88 valence electrons. The third-order valence-corrected chi connectivity index (χ3v) is 2.98. The molecule has 2 nitrogen and oxygen atoms in total. The summed E-state index contributed by atoms with van der Waals surface area (Å²) < 4.78 is 32.0. The summed E-state index contributed by atoms with van der Waals surface area (Å²) in [5, 5.41) is 0. The van der Waals surface area contributed by atoms with Gasteiger partial charge in [0.1, 0.15) is 0 Å². The van der Waals surface area contributed by atoms with Crippen LogP contribution in [0.5, 0.6) is 0 Å². The van der Waals surface area contributed by atoms with E-state index in [1.807, 2.05) is 0 Å². The fourth-order valence-electron chi connectivity index (χ4n) is 1.75. The Bertz CT molecular complexity index is 402. The maximum Gasteiger partial charge on any atom is 0.164 e. The first-order valence-electron chi connectivity index (χ1n) is 5.29. The van der Waals surface area contributed by atoms with Crippen molar-refractivity contribution in [2.75, 3.05) is 7.11 Å². The van der Waals surface area contributed by atoms with Crippen LogP contribution in [0.25, 0.3) is 0 Å². The van der Waals surface area contributed by atoms with E-state index in [4.69, 9.17) is 10.5 Å². The molecule has 1 saturated carbocycles. The van der Waals surface area contributed by atoms with E-state index in [-0.39, 0.29) is 17.7 Å². The van der Waals surface area contributed by atoms with E-state index in [2.05, 4.69) is 0 Å². The first-order chi connectivity index (χ1) is 7.56. The molecule has 0 atom stereocenters. The van der Waals surface area contributed by atoms with Crippen molar-refractivity contribution >= 4 is 0 Å². The van der Waals surface area contributed by atoms with E-state index >= 15 is 0 Å². The van der Waals surface area contributed by atoms with Gasteiger partial charge in [-0.05, 0) is 24.8 Å². The number of benzene rings is 1. The summed E-state index contributed by atoms with van der Waals surface area (Å²) in [6, 6.07) is 3.16. The van der Waals surface area contributed by atoms with Gasteiger partial charge in [0.25, 0.3) is 0 Å². The van der Waals surface area contributed by atoms with Crippen LogP contribution in [0.4, 0.5) is 8.78 Å². The second-order valence-corrected chi connectivity index (χ2v) is 4.48. The van der Waals surface area contributed by atoms with E-state index in [0.29, 0.717) is 12.0 Å². The number of rotatable bonds is 4. The van der Waals surface area contributed by atoms with Crippen molar-refractivity contribution in [3.8, 4) is 0 Å². The first-order valence-corrected chi connectivity index (χ1v) is 5.29. The van der Waals surface area contributed by atoms with Crippen molar-refractivity contribution in [2.24, 2.45) is 5.73 Å². The molecule has 16 heavy (non-hydrogen) atoms. The average molecular weight is 227 g/mol. The van der Waals surface area contributed by atoms with E-state index in [1.165, 1.54) is 7.11 Å². The Hall–Kier alpha value is -1.00. The molecule has 2 N–H and O–H groups in total. The zero-order valence-electron chi connectivity index (χ0n) is 9.22. The molecule has 0 saturated heterocycles. The normalized spacial score (nSPS) is 17.5. The lowest BCUT2D eigenvalue weighted by Gasteiger charge is -2.11. The van der Waals surface area contributed by atoms with Gasteiger partial charge in [-0.15, -0.1) is 0 Å². The molecule has 2 rings (SSSR count). The quantitative estimate of drug-likeness (QED) is 0.855. The van der Waals surface area contributed by atoms with Crippen LogP contribution in [-0.2, 0) is 17.8 Å². The van der Waals surface area contributed by atoms with Crippen LogP contribution in [-0.4, -0.2) is 12.6 Å². The highest BCUT2D eigenvalue weighted by atomic mass is 19.2. The lowest BCUT2D eigenvalue weighted by atomic mass is 10.0. The molecule has 4 heteroatoms. The first kappa shape index (κ1) is 11.5. The second-order valence-electron chi connectivity index (χ2n) is 4.48. The molecule has 1 aliphatic rings. The van der Waals surface area contributed by atoms with Crippen molar-refractivity contribution < 1.29 is 13.5 Å². The van der Waals surface area contributed by atoms with Crippen molar-refractivity contribution in [3.05, 3.63) is 34.9 Å². The molecule has 0 spiro atoms. The molecule has 0 aliphatic heterocycles. The van der Waals surface area contributed by atoms with Gasteiger partial charge in [0.2, 0.25) is 0 Å². The van der Waals surface area contributed by atoms with Gasteiger partial charge in [-0.3, -0.25) is 0 Å². The predicted molar refractivity (Wildman–Crippen MR) is 56.9 cm³/mol. The molecule has 1 aromatic carbocycles. The molecule has 0 amide bonds. The highest BCUT2D eigenvalue weighted by Gasteiger charge is 2.39. The fraction of sp³-hybridized carbons (Fsp3) is 0.500. The Balaban J connectivity index is 2.23. The fourth-order valence-corrected chi connectivity index (χ4v) is 1.75. The number of methoxy groups -OCH3 is 1.